The Bertz CT molecular complexity index is 411. The SMILES string of the molecule is Cc1cc(C(=O)NC(C)C)nc(C2CC2)n1. The van der Waals surface area contributed by atoms with E-state index in [9.17, 15) is 4.79 Å². The number of rotatable bonds is 3. The first-order chi connectivity index (χ1) is 7.56. The van der Waals surface area contributed by atoms with Crippen LogP contribution in [-0.4, -0.2) is 21.9 Å². The van der Waals surface area contributed by atoms with Crippen LogP contribution in [0.25, 0.3) is 0 Å². The maximum atomic E-state index is 11.8. The number of amides is 1. The highest BCUT2D eigenvalue weighted by Crippen LogP contribution is 2.37. The number of aryl methyl sites for hydroxylation is 1. The summed E-state index contributed by atoms with van der Waals surface area (Å²) in [5.74, 6) is 1.20. The zero-order valence-corrected chi connectivity index (χ0v) is 9.95. The van der Waals surface area contributed by atoms with E-state index >= 15 is 0 Å². The zero-order valence-electron chi connectivity index (χ0n) is 9.95. The molecule has 0 aromatic carbocycles. The van der Waals surface area contributed by atoms with Crippen LogP contribution in [0, 0.1) is 6.92 Å². The first-order valence-electron chi connectivity index (χ1n) is 5.72. The monoisotopic (exact) mass is 219 g/mol. The van der Waals surface area contributed by atoms with Crippen molar-refractivity contribution >= 4 is 5.91 Å². The molecule has 1 N–H and O–H groups in total. The first-order valence-corrected chi connectivity index (χ1v) is 5.72. The first kappa shape index (κ1) is 11.0. The molecule has 0 saturated heterocycles. The lowest BCUT2D eigenvalue weighted by molar-refractivity contribution is 0.0937. The lowest BCUT2D eigenvalue weighted by Crippen LogP contribution is -2.31. The van der Waals surface area contributed by atoms with Gasteiger partial charge in [-0.3, -0.25) is 4.79 Å². The summed E-state index contributed by atoms with van der Waals surface area (Å²) in [4.78, 5) is 20.5. The van der Waals surface area contributed by atoms with Crippen molar-refractivity contribution in [3.05, 3.63) is 23.3 Å². The number of nitrogens with one attached hydrogen (secondary N) is 1. The molecule has 1 heterocycles. The van der Waals surface area contributed by atoms with Crippen molar-refractivity contribution in [2.45, 2.75) is 45.6 Å². The molecule has 0 radical (unpaired) electrons. The molecule has 4 nitrogen and oxygen atoms in total. The normalized spacial score (nSPS) is 15.2. The Morgan fingerprint density at radius 2 is 2.12 bits per heavy atom. The van der Waals surface area contributed by atoms with Gasteiger partial charge in [-0.25, -0.2) is 9.97 Å². The molecule has 1 aliphatic carbocycles. The highest BCUT2D eigenvalue weighted by molar-refractivity contribution is 5.92. The van der Waals surface area contributed by atoms with Gasteiger partial charge in [0.1, 0.15) is 11.5 Å². The summed E-state index contributed by atoms with van der Waals surface area (Å²) in [6.45, 7) is 5.78. The maximum absolute atomic E-state index is 11.8. The topological polar surface area (TPSA) is 54.9 Å². The van der Waals surface area contributed by atoms with Gasteiger partial charge in [0.15, 0.2) is 0 Å². The Morgan fingerprint density at radius 3 is 2.69 bits per heavy atom. The van der Waals surface area contributed by atoms with Gasteiger partial charge in [-0.05, 0) is 39.7 Å². The molecule has 1 amide bonds. The van der Waals surface area contributed by atoms with E-state index < -0.39 is 0 Å². The van der Waals surface area contributed by atoms with Crippen LogP contribution >= 0.6 is 0 Å². The van der Waals surface area contributed by atoms with Crippen LogP contribution in [0.5, 0.6) is 0 Å². The fourth-order valence-corrected chi connectivity index (χ4v) is 1.57. The molecule has 0 bridgehead atoms. The quantitative estimate of drug-likeness (QED) is 0.843. The standard InChI is InChI=1S/C12H17N3O/c1-7(2)13-12(16)10-6-8(3)14-11(15-10)9-4-5-9/h6-7,9H,4-5H2,1-3H3,(H,13,16). The molecule has 0 aliphatic heterocycles. The number of hydrogen-bond acceptors (Lipinski definition) is 3. The minimum Gasteiger partial charge on any atom is -0.349 e. The van der Waals surface area contributed by atoms with Crippen LogP contribution in [0.15, 0.2) is 6.07 Å². The molecule has 16 heavy (non-hydrogen) atoms. The second-order valence-corrected chi connectivity index (χ2v) is 4.66. The van der Waals surface area contributed by atoms with Crippen molar-refractivity contribution in [3.63, 3.8) is 0 Å². The van der Waals surface area contributed by atoms with Gasteiger partial charge >= 0.3 is 0 Å². The fourth-order valence-electron chi connectivity index (χ4n) is 1.57. The van der Waals surface area contributed by atoms with Crippen LogP contribution in [0.2, 0.25) is 0 Å². The molecule has 1 aliphatic rings. The summed E-state index contributed by atoms with van der Waals surface area (Å²) in [6, 6.07) is 1.87. The molecule has 0 spiro atoms. The largest absolute Gasteiger partial charge is 0.349 e. The molecule has 2 rings (SSSR count). The van der Waals surface area contributed by atoms with Gasteiger partial charge in [0.2, 0.25) is 0 Å². The smallest absolute Gasteiger partial charge is 0.270 e. The van der Waals surface area contributed by atoms with E-state index in [4.69, 9.17) is 0 Å². The second kappa shape index (κ2) is 4.20. The Balaban J connectivity index is 2.22. The zero-order chi connectivity index (χ0) is 11.7. The van der Waals surface area contributed by atoms with Gasteiger partial charge < -0.3 is 5.32 Å². The summed E-state index contributed by atoms with van der Waals surface area (Å²) in [7, 11) is 0. The van der Waals surface area contributed by atoms with Crippen LogP contribution < -0.4 is 5.32 Å². The predicted molar refractivity (Wildman–Crippen MR) is 61.3 cm³/mol. The van der Waals surface area contributed by atoms with Gasteiger partial charge in [0.25, 0.3) is 5.91 Å². The van der Waals surface area contributed by atoms with Gasteiger partial charge in [0.05, 0.1) is 0 Å². The second-order valence-electron chi connectivity index (χ2n) is 4.66. The van der Waals surface area contributed by atoms with Crippen molar-refractivity contribution in [2.24, 2.45) is 0 Å². The van der Waals surface area contributed by atoms with Crippen molar-refractivity contribution in [1.82, 2.24) is 15.3 Å². The van der Waals surface area contributed by atoms with Gasteiger partial charge in [-0.2, -0.15) is 0 Å². The average molecular weight is 219 g/mol. The average Bonchev–Trinajstić information content (AvgIpc) is 2.98. The number of hydrogen-bond donors (Lipinski definition) is 1. The fraction of sp³-hybridized carbons (Fsp3) is 0.583. The van der Waals surface area contributed by atoms with E-state index in [0.717, 1.165) is 24.4 Å². The van der Waals surface area contributed by atoms with E-state index in [2.05, 4.69) is 15.3 Å². The van der Waals surface area contributed by atoms with Crippen molar-refractivity contribution in [1.29, 1.82) is 0 Å². The Morgan fingerprint density at radius 1 is 1.44 bits per heavy atom. The summed E-state index contributed by atoms with van der Waals surface area (Å²) in [5.41, 5.74) is 1.36. The van der Waals surface area contributed by atoms with Crippen LogP contribution in [-0.2, 0) is 0 Å². The van der Waals surface area contributed by atoms with E-state index in [1.54, 1.807) is 6.07 Å². The lowest BCUT2D eigenvalue weighted by Gasteiger charge is -2.09. The van der Waals surface area contributed by atoms with E-state index in [-0.39, 0.29) is 11.9 Å². The summed E-state index contributed by atoms with van der Waals surface area (Å²) < 4.78 is 0. The van der Waals surface area contributed by atoms with Crippen molar-refractivity contribution in [3.8, 4) is 0 Å². The summed E-state index contributed by atoms with van der Waals surface area (Å²) in [6.07, 6.45) is 2.30. The Kier molecular flexibility index (Phi) is 2.90. The molecular weight excluding hydrogens is 202 g/mol. The molecular formula is C12H17N3O. The molecule has 1 aromatic rings. The molecule has 1 fully saturated rings. The third kappa shape index (κ3) is 2.56. The molecule has 0 atom stereocenters. The number of carbonyl (C=O) groups is 1. The van der Waals surface area contributed by atoms with Crippen molar-refractivity contribution < 1.29 is 4.79 Å². The number of carbonyl (C=O) groups excluding carboxylic acids is 1. The molecule has 86 valence electrons. The van der Waals surface area contributed by atoms with Gasteiger partial charge in [-0.15, -0.1) is 0 Å². The van der Waals surface area contributed by atoms with Crippen molar-refractivity contribution in [2.75, 3.05) is 0 Å². The van der Waals surface area contributed by atoms with E-state index in [1.165, 1.54) is 0 Å². The molecule has 0 unspecified atom stereocenters. The number of aromatic nitrogens is 2. The third-order valence-corrected chi connectivity index (χ3v) is 2.47. The Hall–Kier alpha value is -1.45. The highest BCUT2D eigenvalue weighted by Gasteiger charge is 2.27. The molecule has 1 aromatic heterocycles. The lowest BCUT2D eigenvalue weighted by atomic mass is 10.2. The van der Waals surface area contributed by atoms with Crippen LogP contribution in [0.1, 0.15) is 54.6 Å². The maximum Gasteiger partial charge on any atom is 0.270 e. The van der Waals surface area contributed by atoms with Gasteiger partial charge in [0, 0.05) is 17.7 Å². The van der Waals surface area contributed by atoms with Gasteiger partial charge in [-0.1, -0.05) is 0 Å². The number of nitrogens with zero attached hydrogens (tertiary/aromatic N) is 2. The third-order valence-electron chi connectivity index (χ3n) is 2.47. The van der Waals surface area contributed by atoms with E-state index in [1.807, 2.05) is 20.8 Å². The minimum atomic E-state index is -0.109. The summed E-state index contributed by atoms with van der Waals surface area (Å²) in [5, 5.41) is 2.84. The summed E-state index contributed by atoms with van der Waals surface area (Å²) >= 11 is 0. The molecule has 4 heteroatoms. The van der Waals surface area contributed by atoms with E-state index in [0.29, 0.717) is 11.6 Å². The molecule has 1 saturated carbocycles. The minimum absolute atomic E-state index is 0.109. The predicted octanol–water partition coefficient (Wildman–Crippen LogP) is 1.80. The Labute approximate surface area is 95.5 Å². The van der Waals surface area contributed by atoms with Crippen LogP contribution in [0.4, 0.5) is 0 Å². The highest BCUT2D eigenvalue weighted by atomic mass is 16.1. The van der Waals surface area contributed by atoms with Crippen LogP contribution in [0.3, 0.4) is 0 Å².